The predicted octanol–water partition coefficient (Wildman–Crippen LogP) is 0.498. The highest BCUT2D eigenvalue weighted by Gasteiger charge is 2.09. The summed E-state index contributed by atoms with van der Waals surface area (Å²) in [5.74, 6) is 0. The molecule has 0 aromatic rings. The quantitative estimate of drug-likeness (QED) is 0.454. The zero-order chi connectivity index (χ0) is 8.91. The minimum atomic E-state index is -3.27. The van der Waals surface area contributed by atoms with Gasteiger partial charge in [-0.1, -0.05) is 6.92 Å². The van der Waals surface area contributed by atoms with Crippen LogP contribution in [0.2, 0.25) is 0 Å². The molecule has 0 bridgehead atoms. The summed E-state index contributed by atoms with van der Waals surface area (Å²) in [5, 5.41) is -0.167. The van der Waals surface area contributed by atoms with Crippen LogP contribution in [0.4, 0.5) is 0 Å². The number of sulfone groups is 1. The standard InChI is InChI=1S/C6H12N2O2S/c1-4-5-8-6(7-2)11(3,9)10/h2,4-5H2,1,3H3. The summed E-state index contributed by atoms with van der Waals surface area (Å²) in [6.45, 7) is 5.50. The van der Waals surface area contributed by atoms with Crippen molar-refractivity contribution in [3.8, 4) is 0 Å². The lowest BCUT2D eigenvalue weighted by Crippen LogP contribution is -2.10. The van der Waals surface area contributed by atoms with E-state index in [2.05, 4.69) is 16.7 Å². The van der Waals surface area contributed by atoms with Crippen molar-refractivity contribution in [2.45, 2.75) is 13.3 Å². The first-order valence-corrected chi connectivity index (χ1v) is 5.12. The minimum Gasteiger partial charge on any atom is -0.257 e. The summed E-state index contributed by atoms with van der Waals surface area (Å²) in [6, 6.07) is 0. The van der Waals surface area contributed by atoms with Gasteiger partial charge in [-0.15, -0.1) is 0 Å². The first-order valence-electron chi connectivity index (χ1n) is 3.23. The van der Waals surface area contributed by atoms with Gasteiger partial charge in [0, 0.05) is 12.8 Å². The normalized spacial score (nSPS) is 13.1. The van der Waals surface area contributed by atoms with Gasteiger partial charge in [-0.3, -0.25) is 4.99 Å². The molecule has 0 heterocycles. The molecule has 0 unspecified atom stereocenters. The summed E-state index contributed by atoms with van der Waals surface area (Å²) in [5.41, 5.74) is 0. The lowest BCUT2D eigenvalue weighted by Gasteiger charge is -1.94. The van der Waals surface area contributed by atoms with Crippen LogP contribution in [0.5, 0.6) is 0 Å². The van der Waals surface area contributed by atoms with Crippen LogP contribution in [0, 0.1) is 0 Å². The predicted molar refractivity (Wildman–Crippen MR) is 47.0 cm³/mol. The number of hydrogen-bond acceptors (Lipinski definition) is 3. The van der Waals surface area contributed by atoms with Crippen LogP contribution in [0.3, 0.4) is 0 Å². The van der Waals surface area contributed by atoms with Crippen LogP contribution >= 0.6 is 0 Å². The van der Waals surface area contributed by atoms with Crippen molar-refractivity contribution in [1.82, 2.24) is 0 Å². The second-order valence-electron chi connectivity index (χ2n) is 2.09. The van der Waals surface area contributed by atoms with E-state index in [-0.39, 0.29) is 5.17 Å². The van der Waals surface area contributed by atoms with Crippen molar-refractivity contribution in [2.75, 3.05) is 12.8 Å². The van der Waals surface area contributed by atoms with Gasteiger partial charge in [-0.25, -0.2) is 13.4 Å². The van der Waals surface area contributed by atoms with Gasteiger partial charge < -0.3 is 0 Å². The van der Waals surface area contributed by atoms with E-state index < -0.39 is 9.84 Å². The van der Waals surface area contributed by atoms with Gasteiger partial charge in [0.15, 0.2) is 0 Å². The third-order valence-electron chi connectivity index (χ3n) is 0.938. The molecule has 0 atom stereocenters. The Morgan fingerprint density at radius 2 is 2.09 bits per heavy atom. The van der Waals surface area contributed by atoms with Gasteiger partial charge in [0.05, 0.1) is 0 Å². The maximum atomic E-state index is 10.8. The first-order chi connectivity index (χ1) is 5.02. The average molecular weight is 176 g/mol. The molecule has 4 nitrogen and oxygen atoms in total. The lowest BCUT2D eigenvalue weighted by molar-refractivity contribution is 0.612. The monoisotopic (exact) mass is 176 g/mol. The highest BCUT2D eigenvalue weighted by atomic mass is 32.2. The zero-order valence-electron chi connectivity index (χ0n) is 6.74. The van der Waals surface area contributed by atoms with Crippen molar-refractivity contribution in [2.24, 2.45) is 9.98 Å². The van der Waals surface area contributed by atoms with E-state index in [1.54, 1.807) is 0 Å². The largest absolute Gasteiger partial charge is 0.257 e. The molecule has 5 heteroatoms. The third kappa shape index (κ3) is 3.87. The number of rotatable bonds is 2. The first kappa shape index (κ1) is 10.3. The summed E-state index contributed by atoms with van der Waals surface area (Å²) < 4.78 is 21.6. The van der Waals surface area contributed by atoms with Gasteiger partial charge in [0.2, 0.25) is 15.0 Å². The Labute approximate surface area is 67.0 Å². The van der Waals surface area contributed by atoms with E-state index in [1.807, 2.05) is 6.92 Å². The van der Waals surface area contributed by atoms with Crippen molar-refractivity contribution in [1.29, 1.82) is 0 Å². The van der Waals surface area contributed by atoms with Crippen molar-refractivity contribution < 1.29 is 8.42 Å². The second kappa shape index (κ2) is 4.23. The third-order valence-corrected chi connectivity index (χ3v) is 1.86. The Hall–Kier alpha value is -0.710. The maximum absolute atomic E-state index is 10.8. The molecule has 0 aliphatic rings. The number of aliphatic imine (C=N–C) groups is 2. The Morgan fingerprint density at radius 1 is 1.55 bits per heavy atom. The molecule has 0 radical (unpaired) electrons. The molecule has 0 fully saturated rings. The van der Waals surface area contributed by atoms with Gasteiger partial charge in [0.1, 0.15) is 0 Å². The molecule has 0 N–H and O–H groups in total. The van der Waals surface area contributed by atoms with Crippen LogP contribution in [0.15, 0.2) is 9.98 Å². The fraction of sp³-hybridized carbons (Fsp3) is 0.667. The molecule has 0 aromatic carbocycles. The Kier molecular flexibility index (Phi) is 3.95. The average Bonchev–Trinajstić information content (AvgIpc) is 1.87. The van der Waals surface area contributed by atoms with E-state index in [4.69, 9.17) is 0 Å². The second-order valence-corrected chi connectivity index (χ2v) is 4.00. The molecule has 0 saturated heterocycles. The van der Waals surface area contributed by atoms with Gasteiger partial charge in [-0.2, -0.15) is 0 Å². The topological polar surface area (TPSA) is 58.9 Å². The van der Waals surface area contributed by atoms with Crippen molar-refractivity contribution in [3.63, 3.8) is 0 Å². The van der Waals surface area contributed by atoms with Gasteiger partial charge >= 0.3 is 0 Å². The Morgan fingerprint density at radius 3 is 2.36 bits per heavy atom. The highest BCUT2D eigenvalue weighted by Crippen LogP contribution is 1.92. The van der Waals surface area contributed by atoms with E-state index in [9.17, 15) is 8.42 Å². The zero-order valence-corrected chi connectivity index (χ0v) is 7.56. The summed E-state index contributed by atoms with van der Waals surface area (Å²) in [6.07, 6.45) is 1.87. The Balaban J connectivity index is 4.55. The Bertz CT molecular complexity index is 254. The van der Waals surface area contributed by atoms with Gasteiger partial charge in [0.25, 0.3) is 0 Å². The van der Waals surface area contributed by atoms with Crippen LogP contribution < -0.4 is 0 Å². The molecule has 11 heavy (non-hydrogen) atoms. The molecule has 0 aliphatic heterocycles. The lowest BCUT2D eigenvalue weighted by atomic mass is 10.5. The van der Waals surface area contributed by atoms with Crippen LogP contribution in [0.25, 0.3) is 0 Å². The number of hydrogen-bond donors (Lipinski definition) is 0. The summed E-state index contributed by atoms with van der Waals surface area (Å²) in [7, 11) is -3.27. The molecule has 0 rings (SSSR count). The minimum absolute atomic E-state index is 0.167. The van der Waals surface area contributed by atoms with Crippen molar-refractivity contribution >= 4 is 21.7 Å². The maximum Gasteiger partial charge on any atom is 0.241 e. The molecule has 64 valence electrons. The SMILES string of the molecule is C=NC(=NCCC)S(C)(=O)=O. The molecule has 0 spiro atoms. The summed E-state index contributed by atoms with van der Waals surface area (Å²) >= 11 is 0. The van der Waals surface area contributed by atoms with E-state index >= 15 is 0 Å². The van der Waals surface area contributed by atoms with E-state index in [1.165, 1.54) is 0 Å². The summed E-state index contributed by atoms with van der Waals surface area (Å²) in [4.78, 5) is 7.04. The molecular formula is C6H12N2O2S. The number of nitrogens with zero attached hydrogens (tertiary/aromatic N) is 2. The van der Waals surface area contributed by atoms with Crippen LogP contribution in [-0.2, 0) is 9.84 Å². The molecule has 0 amide bonds. The van der Waals surface area contributed by atoms with E-state index in [0.717, 1.165) is 12.7 Å². The number of amidine groups is 1. The van der Waals surface area contributed by atoms with Crippen molar-refractivity contribution in [3.05, 3.63) is 0 Å². The molecule has 0 saturated carbocycles. The fourth-order valence-electron chi connectivity index (χ4n) is 0.492. The van der Waals surface area contributed by atoms with E-state index in [0.29, 0.717) is 6.54 Å². The molecule has 0 aliphatic carbocycles. The van der Waals surface area contributed by atoms with Crippen LogP contribution in [0.1, 0.15) is 13.3 Å². The fourth-order valence-corrected chi connectivity index (χ4v) is 1.05. The molecule has 0 aromatic heterocycles. The van der Waals surface area contributed by atoms with Gasteiger partial charge in [-0.05, 0) is 13.1 Å². The molecular weight excluding hydrogens is 164 g/mol. The van der Waals surface area contributed by atoms with Crippen LogP contribution in [-0.4, -0.2) is 33.1 Å². The highest BCUT2D eigenvalue weighted by molar-refractivity contribution is 8.05. The smallest absolute Gasteiger partial charge is 0.241 e.